The topological polar surface area (TPSA) is 69.7 Å². The van der Waals surface area contributed by atoms with Gasteiger partial charge in [-0.15, -0.1) is 11.8 Å². The molecule has 3 rings (SSSR count). The summed E-state index contributed by atoms with van der Waals surface area (Å²) in [6.07, 6.45) is 3.05. The van der Waals surface area contributed by atoms with Crippen molar-refractivity contribution in [2.75, 3.05) is 44.4 Å². The van der Waals surface area contributed by atoms with E-state index in [1.165, 1.54) is 4.31 Å². The lowest BCUT2D eigenvalue weighted by molar-refractivity contribution is -0.126. The van der Waals surface area contributed by atoms with Crippen LogP contribution in [0.4, 0.5) is 5.69 Å². The van der Waals surface area contributed by atoms with Crippen LogP contribution in [0, 0.1) is 5.92 Å². The number of thioether (sulfide) groups is 1. The van der Waals surface area contributed by atoms with Gasteiger partial charge in [0.15, 0.2) is 0 Å². The second-order valence-electron chi connectivity index (χ2n) is 7.40. The van der Waals surface area contributed by atoms with Crippen molar-refractivity contribution in [1.29, 1.82) is 0 Å². The number of hydrogen-bond acceptors (Lipinski definition) is 5. The van der Waals surface area contributed by atoms with Crippen molar-refractivity contribution in [1.82, 2.24) is 9.62 Å². The first-order chi connectivity index (χ1) is 14.4. The monoisotopic (exact) mass is 447 g/mol. The highest BCUT2D eigenvalue weighted by Gasteiger charge is 2.31. The van der Waals surface area contributed by atoms with Gasteiger partial charge < -0.3 is 10.2 Å². The molecule has 0 atom stereocenters. The molecule has 1 aliphatic heterocycles. The SMILES string of the molecule is CSc1ccc(S(=O)(=O)N2CCC(C(=O)NCCN(C)c3ccccc3)CC2)cc1. The molecule has 0 aromatic heterocycles. The van der Waals surface area contributed by atoms with Gasteiger partial charge in [0.25, 0.3) is 0 Å². The molecule has 0 unspecified atom stereocenters. The second-order valence-corrected chi connectivity index (χ2v) is 10.2. The van der Waals surface area contributed by atoms with Crippen LogP contribution in [0.1, 0.15) is 12.8 Å². The van der Waals surface area contributed by atoms with E-state index >= 15 is 0 Å². The molecule has 0 bridgehead atoms. The highest BCUT2D eigenvalue weighted by Crippen LogP contribution is 2.25. The number of carbonyl (C=O) groups excluding carboxylic acids is 1. The van der Waals surface area contributed by atoms with Crippen LogP contribution < -0.4 is 10.2 Å². The van der Waals surface area contributed by atoms with Crippen molar-refractivity contribution in [2.45, 2.75) is 22.6 Å². The summed E-state index contributed by atoms with van der Waals surface area (Å²) < 4.78 is 27.2. The molecule has 1 saturated heterocycles. The van der Waals surface area contributed by atoms with E-state index < -0.39 is 10.0 Å². The molecule has 30 heavy (non-hydrogen) atoms. The highest BCUT2D eigenvalue weighted by atomic mass is 32.2. The van der Waals surface area contributed by atoms with Crippen molar-refractivity contribution in [3.63, 3.8) is 0 Å². The van der Waals surface area contributed by atoms with E-state index in [4.69, 9.17) is 0 Å². The molecule has 162 valence electrons. The molecule has 0 radical (unpaired) electrons. The summed E-state index contributed by atoms with van der Waals surface area (Å²) in [7, 11) is -1.51. The maximum atomic E-state index is 12.9. The van der Waals surface area contributed by atoms with Crippen molar-refractivity contribution in [3.8, 4) is 0 Å². The fourth-order valence-corrected chi connectivity index (χ4v) is 5.44. The summed E-state index contributed by atoms with van der Waals surface area (Å²) in [6, 6.07) is 17.0. The Hall–Kier alpha value is -2.03. The normalized spacial score (nSPS) is 15.7. The Morgan fingerprint density at radius 1 is 1.10 bits per heavy atom. The first-order valence-electron chi connectivity index (χ1n) is 10.1. The zero-order valence-electron chi connectivity index (χ0n) is 17.5. The molecular formula is C22H29N3O3S2. The summed E-state index contributed by atoms with van der Waals surface area (Å²) in [5, 5.41) is 3.00. The predicted molar refractivity (Wildman–Crippen MR) is 122 cm³/mol. The molecule has 0 saturated carbocycles. The van der Waals surface area contributed by atoms with Gasteiger partial charge in [0.05, 0.1) is 4.90 Å². The van der Waals surface area contributed by atoms with Crippen LogP contribution in [0.3, 0.4) is 0 Å². The number of nitrogens with one attached hydrogen (secondary N) is 1. The number of piperidine rings is 1. The van der Waals surface area contributed by atoms with Crippen LogP contribution in [0.25, 0.3) is 0 Å². The fraction of sp³-hybridized carbons (Fsp3) is 0.409. The van der Waals surface area contributed by atoms with Gasteiger partial charge >= 0.3 is 0 Å². The van der Waals surface area contributed by atoms with Gasteiger partial charge in [-0.25, -0.2) is 8.42 Å². The first kappa shape index (κ1) is 22.7. The van der Waals surface area contributed by atoms with Gasteiger partial charge in [0.2, 0.25) is 15.9 Å². The summed E-state index contributed by atoms with van der Waals surface area (Å²) in [4.78, 5) is 16.0. The van der Waals surface area contributed by atoms with Crippen LogP contribution in [-0.4, -0.2) is 58.1 Å². The maximum Gasteiger partial charge on any atom is 0.243 e. The molecule has 1 N–H and O–H groups in total. The minimum atomic E-state index is -3.51. The van der Waals surface area contributed by atoms with E-state index in [0.717, 1.165) is 17.1 Å². The Morgan fingerprint density at radius 3 is 2.33 bits per heavy atom. The number of sulfonamides is 1. The maximum absolute atomic E-state index is 12.9. The number of para-hydroxylation sites is 1. The van der Waals surface area contributed by atoms with Crippen molar-refractivity contribution < 1.29 is 13.2 Å². The highest BCUT2D eigenvalue weighted by molar-refractivity contribution is 7.98. The summed E-state index contributed by atoms with van der Waals surface area (Å²) >= 11 is 1.58. The van der Waals surface area contributed by atoms with Gasteiger partial charge in [-0.2, -0.15) is 4.31 Å². The Morgan fingerprint density at radius 2 is 1.73 bits per heavy atom. The van der Waals surface area contributed by atoms with Crippen molar-refractivity contribution >= 4 is 33.4 Å². The fourth-order valence-electron chi connectivity index (χ4n) is 3.56. The van der Waals surface area contributed by atoms with Gasteiger partial charge in [-0.3, -0.25) is 4.79 Å². The van der Waals surface area contributed by atoms with Gasteiger partial charge in [0.1, 0.15) is 0 Å². The number of anilines is 1. The Bertz CT molecular complexity index is 926. The third-order valence-corrected chi connectivity index (χ3v) is 8.12. The summed E-state index contributed by atoms with van der Waals surface area (Å²) in [5.74, 6) is -0.129. The third-order valence-electron chi connectivity index (χ3n) is 5.47. The van der Waals surface area contributed by atoms with Gasteiger partial charge in [0, 0.05) is 49.7 Å². The number of amides is 1. The van der Waals surface area contributed by atoms with Crippen LogP contribution in [0.2, 0.25) is 0 Å². The number of nitrogens with zero attached hydrogens (tertiary/aromatic N) is 2. The largest absolute Gasteiger partial charge is 0.373 e. The molecule has 1 amide bonds. The summed E-state index contributed by atoms with van der Waals surface area (Å²) in [6.45, 7) is 2.02. The van der Waals surface area contributed by atoms with Gasteiger partial charge in [-0.05, 0) is 55.5 Å². The third kappa shape index (κ3) is 5.56. The van der Waals surface area contributed by atoms with Crippen LogP contribution in [0.15, 0.2) is 64.4 Å². The van der Waals surface area contributed by atoms with Gasteiger partial charge in [-0.1, -0.05) is 18.2 Å². The Kier molecular flexibility index (Phi) is 7.80. The van der Waals surface area contributed by atoms with E-state index in [2.05, 4.69) is 10.2 Å². The van der Waals surface area contributed by atoms with E-state index in [0.29, 0.717) is 37.4 Å². The molecule has 8 heteroatoms. The number of carbonyl (C=O) groups is 1. The Balaban J connectivity index is 1.46. The molecule has 2 aromatic rings. The lowest BCUT2D eigenvalue weighted by Crippen LogP contribution is -2.44. The second kappa shape index (κ2) is 10.3. The molecular weight excluding hydrogens is 418 g/mol. The molecule has 1 heterocycles. The molecule has 6 nitrogen and oxygen atoms in total. The quantitative estimate of drug-likeness (QED) is 0.630. The van der Waals surface area contributed by atoms with E-state index in [9.17, 15) is 13.2 Å². The summed E-state index contributed by atoms with van der Waals surface area (Å²) in [5.41, 5.74) is 1.11. The van der Waals surface area contributed by atoms with E-state index in [1.807, 2.05) is 55.8 Å². The smallest absolute Gasteiger partial charge is 0.243 e. The molecule has 0 spiro atoms. The number of hydrogen-bond donors (Lipinski definition) is 1. The zero-order valence-corrected chi connectivity index (χ0v) is 19.1. The first-order valence-corrected chi connectivity index (χ1v) is 12.8. The van der Waals surface area contributed by atoms with E-state index in [-0.39, 0.29) is 11.8 Å². The van der Waals surface area contributed by atoms with Crippen LogP contribution in [-0.2, 0) is 14.8 Å². The number of likely N-dealkylation sites (N-methyl/N-ethyl adjacent to an activating group) is 1. The molecule has 0 aliphatic carbocycles. The zero-order chi connectivity index (χ0) is 21.6. The van der Waals surface area contributed by atoms with Crippen molar-refractivity contribution in [3.05, 3.63) is 54.6 Å². The minimum Gasteiger partial charge on any atom is -0.373 e. The molecule has 1 aliphatic rings. The lowest BCUT2D eigenvalue weighted by atomic mass is 9.97. The predicted octanol–water partition coefficient (Wildman–Crippen LogP) is 3.06. The standard InChI is InChI=1S/C22H29N3O3S2/c1-24(19-6-4-3-5-7-19)17-14-23-22(26)18-12-15-25(16-13-18)30(27,28)21-10-8-20(29-2)9-11-21/h3-11,18H,12-17H2,1-2H3,(H,23,26). The van der Waals surface area contributed by atoms with E-state index in [1.54, 1.807) is 23.9 Å². The number of rotatable bonds is 8. The lowest BCUT2D eigenvalue weighted by Gasteiger charge is -2.30. The van der Waals surface area contributed by atoms with Crippen molar-refractivity contribution in [2.24, 2.45) is 5.92 Å². The average molecular weight is 448 g/mol. The molecule has 1 fully saturated rings. The Labute approximate surface area is 183 Å². The van der Waals surface area contributed by atoms with Crippen LogP contribution in [0.5, 0.6) is 0 Å². The average Bonchev–Trinajstić information content (AvgIpc) is 2.79. The minimum absolute atomic E-state index is 0.0119. The molecule has 2 aromatic carbocycles. The number of benzene rings is 2. The van der Waals surface area contributed by atoms with Crippen LogP contribution >= 0.6 is 11.8 Å².